The number of benzene rings is 3. The zero-order chi connectivity index (χ0) is 20.4. The van der Waals surface area contributed by atoms with Gasteiger partial charge in [-0.05, 0) is 51.9 Å². The molecule has 0 aliphatic rings. The first-order valence-electron chi connectivity index (χ1n) is 8.84. The first kappa shape index (κ1) is 19.3. The van der Waals surface area contributed by atoms with Gasteiger partial charge in [-0.3, -0.25) is 10.1 Å². The Bertz CT molecular complexity index is 1100. The van der Waals surface area contributed by atoms with Gasteiger partial charge in [0.15, 0.2) is 5.60 Å². The highest BCUT2D eigenvalue weighted by molar-refractivity contribution is 14.1. The summed E-state index contributed by atoms with van der Waals surface area (Å²) in [5.41, 5.74) is 1.13. The normalized spacial score (nSPS) is 11.4. The zero-order valence-electron chi connectivity index (χ0n) is 15.1. The highest BCUT2D eigenvalue weighted by atomic mass is 127. The van der Waals surface area contributed by atoms with Gasteiger partial charge in [-0.2, -0.15) is 5.10 Å². The molecule has 0 amide bonds. The molecule has 0 aliphatic carbocycles. The molecule has 0 atom stereocenters. The van der Waals surface area contributed by atoms with Gasteiger partial charge in [0.1, 0.15) is 9.39 Å². The van der Waals surface area contributed by atoms with Crippen molar-refractivity contribution in [3.05, 3.63) is 122 Å². The molecule has 6 nitrogen and oxygen atoms in total. The van der Waals surface area contributed by atoms with Crippen LogP contribution >= 0.6 is 22.6 Å². The maximum absolute atomic E-state index is 11.9. The van der Waals surface area contributed by atoms with E-state index in [0.717, 1.165) is 3.70 Å². The summed E-state index contributed by atoms with van der Waals surface area (Å²) in [6, 6.07) is 26.7. The Balaban J connectivity index is 1.85. The third-order valence-corrected chi connectivity index (χ3v) is 5.49. The van der Waals surface area contributed by atoms with Crippen LogP contribution in [0, 0.1) is 13.8 Å². The lowest BCUT2D eigenvalue weighted by atomic mass is 9.84. The summed E-state index contributed by atoms with van der Waals surface area (Å²) in [5.74, 6) is 0. The molecule has 4 aromatic rings. The van der Waals surface area contributed by atoms with Gasteiger partial charge in [0, 0.05) is 12.1 Å². The second-order valence-electron chi connectivity index (χ2n) is 6.48. The minimum Gasteiger partial charge on any atom is -0.374 e. The molecule has 7 heteroatoms. The monoisotopic (exact) mass is 497 g/mol. The van der Waals surface area contributed by atoms with E-state index in [1.165, 1.54) is 12.1 Å². The number of nitro groups is 1. The van der Waals surface area contributed by atoms with Gasteiger partial charge in [0.05, 0.1) is 10.6 Å². The molecule has 0 radical (unpaired) electrons. The predicted octanol–water partition coefficient (Wildman–Crippen LogP) is 4.67. The van der Waals surface area contributed by atoms with E-state index >= 15 is 0 Å². The fourth-order valence-electron chi connectivity index (χ4n) is 3.25. The number of hydrogen-bond acceptors (Lipinski definition) is 4. The molecule has 144 valence electrons. The van der Waals surface area contributed by atoms with Crippen LogP contribution in [-0.2, 0) is 5.60 Å². The van der Waals surface area contributed by atoms with Gasteiger partial charge in [-0.25, -0.2) is 4.68 Å². The van der Waals surface area contributed by atoms with Crippen LogP contribution in [0.5, 0.6) is 0 Å². The number of aliphatic hydroxyl groups is 1. The Hall–Kier alpha value is -3.04. The molecule has 0 saturated heterocycles. The quantitative estimate of drug-likeness (QED) is 0.247. The molecule has 0 fully saturated rings. The molecule has 4 rings (SSSR count). The van der Waals surface area contributed by atoms with Crippen LogP contribution < -0.4 is 0 Å². The smallest absolute Gasteiger partial charge is 0.269 e. The Morgan fingerprint density at radius 3 is 1.90 bits per heavy atom. The van der Waals surface area contributed by atoms with Crippen LogP contribution in [-0.4, -0.2) is 19.8 Å². The summed E-state index contributed by atoms with van der Waals surface area (Å²) in [6.07, 6.45) is 0. The van der Waals surface area contributed by atoms with Crippen LogP contribution in [0.3, 0.4) is 0 Å². The van der Waals surface area contributed by atoms with Crippen LogP contribution in [0.1, 0.15) is 16.8 Å². The molecule has 0 spiro atoms. The fourth-order valence-corrected chi connectivity index (χ4v) is 3.93. The molecular formula is C22H16IN3O3. The number of rotatable bonds is 5. The van der Waals surface area contributed by atoms with Gasteiger partial charge in [0.25, 0.3) is 5.69 Å². The SMILES string of the molecule is O=[N+]([O-])c1ccc(-n2nc(C(O)(c3ccccc3)c3ccccc3)cc2I)cc1. The minimum atomic E-state index is -1.44. The van der Waals surface area contributed by atoms with E-state index < -0.39 is 10.5 Å². The van der Waals surface area contributed by atoms with E-state index in [2.05, 4.69) is 27.7 Å². The van der Waals surface area contributed by atoms with Gasteiger partial charge in [0.2, 0.25) is 0 Å². The van der Waals surface area contributed by atoms with Crippen molar-refractivity contribution in [2.24, 2.45) is 0 Å². The molecule has 0 unspecified atom stereocenters. The van der Waals surface area contributed by atoms with E-state index in [1.807, 2.05) is 66.7 Å². The average Bonchev–Trinajstić information content (AvgIpc) is 3.16. The summed E-state index contributed by atoms with van der Waals surface area (Å²) in [7, 11) is 0. The second kappa shape index (κ2) is 7.76. The highest BCUT2D eigenvalue weighted by Crippen LogP contribution is 2.36. The van der Waals surface area contributed by atoms with E-state index in [4.69, 9.17) is 0 Å². The van der Waals surface area contributed by atoms with E-state index in [0.29, 0.717) is 22.5 Å². The topological polar surface area (TPSA) is 81.2 Å². The van der Waals surface area contributed by atoms with Crippen molar-refractivity contribution in [3.8, 4) is 5.69 Å². The van der Waals surface area contributed by atoms with Crippen LogP contribution in [0.15, 0.2) is 91.0 Å². The third-order valence-electron chi connectivity index (χ3n) is 4.72. The van der Waals surface area contributed by atoms with Gasteiger partial charge >= 0.3 is 0 Å². The summed E-state index contributed by atoms with van der Waals surface area (Å²) < 4.78 is 2.44. The predicted molar refractivity (Wildman–Crippen MR) is 118 cm³/mol. The molecule has 1 heterocycles. The Kier molecular flexibility index (Phi) is 5.16. The second-order valence-corrected chi connectivity index (χ2v) is 7.59. The molecule has 0 aliphatic heterocycles. The van der Waals surface area contributed by atoms with Gasteiger partial charge < -0.3 is 5.11 Å². The number of aromatic nitrogens is 2. The van der Waals surface area contributed by atoms with Crippen molar-refractivity contribution in [3.63, 3.8) is 0 Å². The maximum atomic E-state index is 11.9. The summed E-state index contributed by atoms with van der Waals surface area (Å²) in [6.45, 7) is 0. The molecule has 29 heavy (non-hydrogen) atoms. The molecule has 0 saturated carbocycles. The van der Waals surface area contributed by atoms with Crippen molar-refractivity contribution in [1.82, 2.24) is 9.78 Å². The third kappa shape index (κ3) is 3.54. The van der Waals surface area contributed by atoms with Crippen LogP contribution in [0.2, 0.25) is 0 Å². The van der Waals surface area contributed by atoms with Crippen LogP contribution in [0.4, 0.5) is 5.69 Å². The fraction of sp³-hybridized carbons (Fsp3) is 0.0455. The standard InChI is InChI=1S/C22H16IN3O3/c23-21-15-20(24-25(21)18-11-13-19(14-12-18)26(28)29)22(27,16-7-3-1-4-8-16)17-9-5-2-6-10-17/h1-15,27H. The lowest BCUT2D eigenvalue weighted by Gasteiger charge is -2.27. The van der Waals surface area contributed by atoms with Crippen molar-refractivity contribution >= 4 is 28.3 Å². The lowest BCUT2D eigenvalue weighted by molar-refractivity contribution is -0.384. The van der Waals surface area contributed by atoms with Crippen molar-refractivity contribution in [2.45, 2.75) is 5.60 Å². The number of nitrogens with zero attached hydrogens (tertiary/aromatic N) is 3. The van der Waals surface area contributed by atoms with Crippen molar-refractivity contribution < 1.29 is 10.0 Å². The summed E-state index contributed by atoms with van der Waals surface area (Å²) in [4.78, 5) is 10.5. The number of non-ortho nitro benzene ring substituents is 1. The number of hydrogen-bond donors (Lipinski definition) is 1. The Labute approximate surface area is 180 Å². The van der Waals surface area contributed by atoms with E-state index in [-0.39, 0.29) is 5.69 Å². The average molecular weight is 497 g/mol. The minimum absolute atomic E-state index is 0.0150. The summed E-state index contributed by atoms with van der Waals surface area (Å²) >= 11 is 2.14. The molecule has 1 aromatic heterocycles. The molecule has 3 aromatic carbocycles. The van der Waals surface area contributed by atoms with Gasteiger partial charge in [-0.15, -0.1) is 0 Å². The molecular weight excluding hydrogens is 481 g/mol. The van der Waals surface area contributed by atoms with E-state index in [9.17, 15) is 15.2 Å². The Morgan fingerprint density at radius 2 is 1.41 bits per heavy atom. The zero-order valence-corrected chi connectivity index (χ0v) is 17.3. The highest BCUT2D eigenvalue weighted by Gasteiger charge is 2.36. The summed E-state index contributed by atoms with van der Waals surface area (Å²) in [5, 5.41) is 27.4. The lowest BCUT2D eigenvalue weighted by Crippen LogP contribution is -2.29. The number of nitro benzene ring substituents is 1. The molecule has 0 bridgehead atoms. The molecule has 1 N–H and O–H groups in total. The largest absolute Gasteiger partial charge is 0.374 e. The van der Waals surface area contributed by atoms with E-state index in [1.54, 1.807) is 16.8 Å². The maximum Gasteiger partial charge on any atom is 0.269 e. The first-order valence-corrected chi connectivity index (χ1v) is 9.92. The van der Waals surface area contributed by atoms with Crippen molar-refractivity contribution in [1.29, 1.82) is 0 Å². The number of halogens is 1. The van der Waals surface area contributed by atoms with Gasteiger partial charge in [-0.1, -0.05) is 60.7 Å². The van der Waals surface area contributed by atoms with Crippen LogP contribution in [0.25, 0.3) is 5.69 Å². The first-order chi connectivity index (χ1) is 14.0. The Morgan fingerprint density at radius 1 is 0.897 bits per heavy atom. The van der Waals surface area contributed by atoms with Crippen molar-refractivity contribution in [2.75, 3.05) is 0 Å².